The molecule has 1 unspecified atom stereocenters. The number of benzene rings is 1. The van der Waals surface area contributed by atoms with Gasteiger partial charge in [0.25, 0.3) is 0 Å². The fraction of sp³-hybridized carbons (Fsp3) is 0.393. The lowest BCUT2D eigenvalue weighted by atomic mass is 9.79. The molecule has 0 aliphatic heterocycles. The van der Waals surface area contributed by atoms with E-state index in [2.05, 4.69) is 25.4 Å². The monoisotopic (exact) mass is 536 g/mol. The maximum absolute atomic E-state index is 14.4. The lowest BCUT2D eigenvalue weighted by Crippen LogP contribution is -2.34. The van der Waals surface area contributed by atoms with Crippen LogP contribution in [0.15, 0.2) is 41.6 Å². The van der Waals surface area contributed by atoms with Gasteiger partial charge in [-0.1, -0.05) is 17.3 Å². The summed E-state index contributed by atoms with van der Waals surface area (Å²) in [6.07, 6.45) is 0.505. The van der Waals surface area contributed by atoms with Crippen LogP contribution in [-0.2, 0) is 16.0 Å². The van der Waals surface area contributed by atoms with E-state index in [1.54, 1.807) is 32.9 Å². The number of oxime groups is 1. The average Bonchev–Trinajstić information content (AvgIpc) is 2.86. The summed E-state index contributed by atoms with van der Waals surface area (Å²) in [6.45, 7) is 7.57. The molecule has 206 valence electrons. The number of carbonyl (C=O) groups is 1. The van der Waals surface area contributed by atoms with Crippen LogP contribution < -0.4 is 15.8 Å². The molecule has 1 atom stereocenters. The third kappa shape index (κ3) is 6.98. The number of nitrogens with zero attached hydrogens (tertiary/aromatic N) is 4. The van der Waals surface area contributed by atoms with Crippen LogP contribution >= 0.6 is 0 Å². The average molecular weight is 537 g/mol. The Morgan fingerprint density at radius 3 is 2.72 bits per heavy atom. The van der Waals surface area contributed by atoms with Crippen molar-refractivity contribution in [3.05, 3.63) is 64.7 Å². The predicted molar refractivity (Wildman–Crippen MR) is 145 cm³/mol. The zero-order chi connectivity index (χ0) is 28.2. The van der Waals surface area contributed by atoms with Gasteiger partial charge in [-0.05, 0) is 63.8 Å². The molecule has 0 radical (unpaired) electrons. The zero-order valence-electron chi connectivity index (χ0n) is 22.7. The summed E-state index contributed by atoms with van der Waals surface area (Å²) in [5.74, 6) is 0.120. The number of nitrogen functional groups attached to an aromatic ring is 1. The highest BCUT2D eigenvalue weighted by Crippen LogP contribution is 2.38. The first-order chi connectivity index (χ1) is 18.5. The Kier molecular flexibility index (Phi) is 8.27. The number of amides is 1. The Balaban J connectivity index is 1.61. The molecule has 0 fully saturated rings. The van der Waals surface area contributed by atoms with Gasteiger partial charge in [-0.2, -0.15) is 0 Å². The number of nitrogens with one attached hydrogen (secondary N) is 1. The molecule has 39 heavy (non-hydrogen) atoms. The number of rotatable bonds is 7. The van der Waals surface area contributed by atoms with Gasteiger partial charge in [0.1, 0.15) is 18.0 Å². The van der Waals surface area contributed by atoms with Gasteiger partial charge in [-0.25, -0.2) is 24.1 Å². The number of carbonyl (C=O) groups excluding carboxylic acids is 1. The standard InChI is InChI=1S/C28H33FN6O4/c1-16-25-22(34-26(30)32-16)13-17(14-23(25)35-38-12-11-31-27(36)39-28(2,3)4)19-10-9-18(29)15-20(19)21-7-6-8-24(33-21)37-5/h6-10,15,17H,11-14H2,1-5H3,(H,31,36)(H2,30,32,34). The van der Waals surface area contributed by atoms with E-state index in [1.807, 2.05) is 19.1 Å². The molecule has 0 spiro atoms. The number of anilines is 1. The van der Waals surface area contributed by atoms with Crippen LogP contribution in [0.2, 0.25) is 0 Å². The smallest absolute Gasteiger partial charge is 0.407 e. The summed E-state index contributed by atoms with van der Waals surface area (Å²) in [5.41, 5.74) is 10.4. The lowest BCUT2D eigenvalue weighted by molar-refractivity contribution is 0.0501. The summed E-state index contributed by atoms with van der Waals surface area (Å²) < 4.78 is 24.9. The van der Waals surface area contributed by atoms with Crippen molar-refractivity contribution in [3.63, 3.8) is 0 Å². The molecule has 2 heterocycles. The Labute approximate surface area is 226 Å². The van der Waals surface area contributed by atoms with E-state index >= 15 is 0 Å². The highest BCUT2D eigenvalue weighted by Gasteiger charge is 2.31. The molecule has 3 N–H and O–H groups in total. The van der Waals surface area contributed by atoms with Gasteiger partial charge in [0, 0.05) is 23.6 Å². The van der Waals surface area contributed by atoms with Gasteiger partial charge in [0.2, 0.25) is 11.8 Å². The first-order valence-electron chi connectivity index (χ1n) is 12.6. The van der Waals surface area contributed by atoms with Crippen LogP contribution in [0.4, 0.5) is 15.1 Å². The van der Waals surface area contributed by atoms with Crippen molar-refractivity contribution >= 4 is 17.8 Å². The lowest BCUT2D eigenvalue weighted by Gasteiger charge is -2.28. The van der Waals surface area contributed by atoms with Crippen molar-refractivity contribution in [2.24, 2.45) is 5.16 Å². The van der Waals surface area contributed by atoms with Gasteiger partial charge in [-0.15, -0.1) is 0 Å². The summed E-state index contributed by atoms with van der Waals surface area (Å²) in [4.78, 5) is 30.8. The van der Waals surface area contributed by atoms with E-state index < -0.39 is 11.7 Å². The number of hydrogen-bond donors (Lipinski definition) is 2. The number of fused-ring (bicyclic) bond motifs is 1. The molecular formula is C28H33FN6O4. The van der Waals surface area contributed by atoms with Gasteiger partial charge in [0.15, 0.2) is 0 Å². The fourth-order valence-corrected chi connectivity index (χ4v) is 4.54. The molecule has 2 aromatic heterocycles. The van der Waals surface area contributed by atoms with E-state index in [0.717, 1.165) is 16.8 Å². The molecule has 1 aromatic carbocycles. The van der Waals surface area contributed by atoms with Gasteiger partial charge < -0.3 is 25.4 Å². The maximum atomic E-state index is 14.4. The number of aromatic nitrogens is 3. The maximum Gasteiger partial charge on any atom is 0.407 e. The summed E-state index contributed by atoms with van der Waals surface area (Å²) in [5, 5.41) is 7.04. The number of hydrogen-bond acceptors (Lipinski definition) is 9. The number of methoxy groups -OCH3 is 1. The molecular weight excluding hydrogens is 503 g/mol. The van der Waals surface area contributed by atoms with Crippen LogP contribution in [0.25, 0.3) is 11.3 Å². The molecule has 3 aromatic rings. The summed E-state index contributed by atoms with van der Waals surface area (Å²) >= 11 is 0. The highest BCUT2D eigenvalue weighted by atomic mass is 19.1. The molecule has 1 amide bonds. The van der Waals surface area contributed by atoms with Crippen LogP contribution in [0.3, 0.4) is 0 Å². The van der Waals surface area contributed by atoms with Crippen molar-refractivity contribution in [1.29, 1.82) is 0 Å². The quantitative estimate of drug-likeness (QED) is 0.332. The largest absolute Gasteiger partial charge is 0.481 e. The highest BCUT2D eigenvalue weighted by molar-refractivity contribution is 6.03. The molecule has 1 aliphatic carbocycles. The minimum atomic E-state index is -0.592. The van der Waals surface area contributed by atoms with E-state index in [0.29, 0.717) is 41.4 Å². The number of halogens is 1. The van der Waals surface area contributed by atoms with Crippen molar-refractivity contribution in [3.8, 4) is 17.1 Å². The number of aryl methyl sites for hydroxylation is 1. The Bertz CT molecular complexity index is 1390. The van der Waals surface area contributed by atoms with Crippen molar-refractivity contribution in [2.45, 2.75) is 52.1 Å². The number of nitrogens with two attached hydrogens (primary N) is 1. The minimum absolute atomic E-state index is 0.114. The minimum Gasteiger partial charge on any atom is -0.481 e. The molecule has 0 saturated carbocycles. The Morgan fingerprint density at radius 1 is 1.18 bits per heavy atom. The van der Waals surface area contributed by atoms with Crippen LogP contribution in [0.5, 0.6) is 5.88 Å². The van der Waals surface area contributed by atoms with Crippen molar-refractivity contribution < 1.29 is 23.5 Å². The summed E-state index contributed by atoms with van der Waals surface area (Å²) in [6, 6.07) is 10.0. The molecule has 10 nitrogen and oxygen atoms in total. The second-order valence-electron chi connectivity index (χ2n) is 10.2. The third-order valence-electron chi connectivity index (χ3n) is 6.05. The third-order valence-corrected chi connectivity index (χ3v) is 6.05. The number of pyridine rings is 1. The van der Waals surface area contributed by atoms with Crippen LogP contribution in [0.1, 0.15) is 55.6 Å². The number of ether oxygens (including phenoxy) is 2. The topological polar surface area (TPSA) is 134 Å². The van der Waals surface area contributed by atoms with Gasteiger partial charge >= 0.3 is 6.09 Å². The van der Waals surface area contributed by atoms with Crippen LogP contribution in [0, 0.1) is 12.7 Å². The Morgan fingerprint density at radius 2 is 1.97 bits per heavy atom. The van der Waals surface area contributed by atoms with Gasteiger partial charge in [0.05, 0.1) is 36.4 Å². The first kappa shape index (κ1) is 27.7. The molecule has 11 heteroatoms. The molecule has 1 aliphatic rings. The first-order valence-corrected chi connectivity index (χ1v) is 12.6. The van der Waals surface area contributed by atoms with Crippen LogP contribution in [-0.4, -0.2) is 52.6 Å². The van der Waals surface area contributed by atoms with E-state index in [-0.39, 0.29) is 30.8 Å². The Hall–Kier alpha value is -4.28. The van der Waals surface area contributed by atoms with Gasteiger partial charge in [-0.3, -0.25) is 0 Å². The second-order valence-corrected chi connectivity index (χ2v) is 10.2. The predicted octanol–water partition coefficient (Wildman–Crippen LogP) is 4.55. The number of alkyl carbamates (subject to hydrolysis) is 1. The second kappa shape index (κ2) is 11.6. The van der Waals surface area contributed by atoms with Crippen molar-refractivity contribution in [2.75, 3.05) is 26.0 Å². The van der Waals surface area contributed by atoms with Crippen molar-refractivity contribution in [1.82, 2.24) is 20.3 Å². The fourth-order valence-electron chi connectivity index (χ4n) is 4.54. The van der Waals surface area contributed by atoms with E-state index in [1.165, 1.54) is 19.2 Å². The van der Waals surface area contributed by atoms with E-state index in [4.69, 9.17) is 20.0 Å². The SMILES string of the molecule is COc1cccc(-c2cc(F)ccc2C2CC(=NOCCNC(=O)OC(C)(C)C)c3c(C)nc(N)nc3C2)n1. The molecule has 0 saturated heterocycles. The normalized spacial score (nSPS) is 15.9. The van der Waals surface area contributed by atoms with E-state index in [9.17, 15) is 9.18 Å². The zero-order valence-corrected chi connectivity index (χ0v) is 22.7. The molecule has 0 bridgehead atoms. The molecule has 4 rings (SSSR count). The summed E-state index contributed by atoms with van der Waals surface area (Å²) in [7, 11) is 1.54.